The molecule has 0 radical (unpaired) electrons. The Labute approximate surface area is 441 Å². The quantitative estimate of drug-likeness (QED) is 0.0261. The van der Waals surface area contributed by atoms with E-state index in [1.165, 1.54) is 218 Å². The van der Waals surface area contributed by atoms with Crippen molar-refractivity contribution in [2.75, 3.05) is 13.2 Å². The SMILES string of the molecule is CCCCC/C=C\C/C=C\C/C=C\CCCCC(=O)OC[C@H](COC(=O)CCCCCCCCC/C=C\CCCCCCCCCC)OC(=O)CCCCCCCCCCCCCCCCCCCCC. The molecule has 0 unspecified atom stereocenters. The Bertz CT molecular complexity index is 1230. The second-order valence-corrected chi connectivity index (χ2v) is 21.0. The summed E-state index contributed by atoms with van der Waals surface area (Å²) in [4.78, 5) is 38.2. The summed E-state index contributed by atoms with van der Waals surface area (Å²) in [5.41, 5.74) is 0. The van der Waals surface area contributed by atoms with Gasteiger partial charge in [-0.25, -0.2) is 0 Å². The monoisotopic (exact) mass is 995 g/mol. The van der Waals surface area contributed by atoms with Crippen molar-refractivity contribution in [2.45, 2.75) is 335 Å². The van der Waals surface area contributed by atoms with E-state index < -0.39 is 6.10 Å². The predicted molar refractivity (Wildman–Crippen MR) is 307 cm³/mol. The molecule has 0 saturated heterocycles. The van der Waals surface area contributed by atoms with Gasteiger partial charge in [0.2, 0.25) is 0 Å². The highest BCUT2D eigenvalue weighted by molar-refractivity contribution is 5.71. The van der Waals surface area contributed by atoms with E-state index >= 15 is 0 Å². The number of esters is 3. The van der Waals surface area contributed by atoms with E-state index in [9.17, 15) is 14.4 Å². The molecule has 414 valence electrons. The first-order valence-corrected chi connectivity index (χ1v) is 31.1. The smallest absolute Gasteiger partial charge is 0.306 e. The Kier molecular flexibility index (Phi) is 57.7. The maximum absolute atomic E-state index is 12.9. The molecule has 0 aromatic heterocycles. The molecule has 1 atom stereocenters. The standard InChI is InChI=1S/C65H118O6/c1-4-7-10-13-16-19-22-25-28-30-32-34-37-40-43-46-49-52-55-58-64(67)70-61-62(60-69-63(66)57-54-51-48-45-42-39-36-27-24-21-18-15-12-9-6-3)71-65(68)59-56-53-50-47-44-41-38-35-33-31-29-26-23-20-17-14-11-8-5-2/h18,21,27,30,32,36,42,45,62H,4-17,19-20,22-26,28-29,31,33-35,37-41,43-44,46-61H2,1-3H3/b21-18-,32-30-,36-27-,45-42-/t62-/m1/s1. The number of hydrogen-bond donors (Lipinski definition) is 0. The van der Waals surface area contributed by atoms with Crippen molar-refractivity contribution in [1.82, 2.24) is 0 Å². The Balaban J connectivity index is 4.37. The van der Waals surface area contributed by atoms with E-state index in [1.807, 2.05) is 0 Å². The molecule has 0 aliphatic rings. The van der Waals surface area contributed by atoms with Gasteiger partial charge in [0.05, 0.1) is 0 Å². The molecule has 0 fully saturated rings. The lowest BCUT2D eigenvalue weighted by atomic mass is 10.0. The van der Waals surface area contributed by atoms with E-state index in [0.29, 0.717) is 19.3 Å². The van der Waals surface area contributed by atoms with E-state index in [1.54, 1.807) is 0 Å². The van der Waals surface area contributed by atoms with Gasteiger partial charge in [0.15, 0.2) is 6.10 Å². The van der Waals surface area contributed by atoms with Gasteiger partial charge in [-0.1, -0.05) is 275 Å². The van der Waals surface area contributed by atoms with E-state index in [2.05, 4.69) is 69.4 Å². The molecule has 0 aliphatic carbocycles. The van der Waals surface area contributed by atoms with Gasteiger partial charge in [-0.2, -0.15) is 0 Å². The summed E-state index contributed by atoms with van der Waals surface area (Å²) in [6, 6.07) is 0. The lowest BCUT2D eigenvalue weighted by molar-refractivity contribution is -0.167. The maximum atomic E-state index is 12.9. The first kappa shape index (κ1) is 68.4. The van der Waals surface area contributed by atoms with Crippen LogP contribution in [0.1, 0.15) is 329 Å². The summed E-state index contributed by atoms with van der Waals surface area (Å²) >= 11 is 0. The Morgan fingerprint density at radius 2 is 0.507 bits per heavy atom. The van der Waals surface area contributed by atoms with Gasteiger partial charge in [0, 0.05) is 19.3 Å². The minimum atomic E-state index is -0.789. The summed E-state index contributed by atoms with van der Waals surface area (Å²) in [7, 11) is 0. The zero-order valence-corrected chi connectivity index (χ0v) is 47.5. The lowest BCUT2D eigenvalue weighted by Gasteiger charge is -2.18. The third-order valence-corrected chi connectivity index (χ3v) is 13.8. The van der Waals surface area contributed by atoms with Crippen molar-refractivity contribution in [3.8, 4) is 0 Å². The van der Waals surface area contributed by atoms with Crippen LogP contribution in [-0.2, 0) is 28.6 Å². The molecule has 0 bridgehead atoms. The van der Waals surface area contributed by atoms with Crippen LogP contribution in [0.5, 0.6) is 0 Å². The highest BCUT2D eigenvalue weighted by Gasteiger charge is 2.19. The molecular formula is C65H118O6. The zero-order chi connectivity index (χ0) is 51.4. The van der Waals surface area contributed by atoms with Gasteiger partial charge in [-0.3, -0.25) is 14.4 Å². The van der Waals surface area contributed by atoms with Gasteiger partial charge >= 0.3 is 17.9 Å². The third kappa shape index (κ3) is 58.1. The minimum Gasteiger partial charge on any atom is -0.462 e. The van der Waals surface area contributed by atoms with Crippen LogP contribution in [0, 0.1) is 0 Å². The molecule has 0 rings (SSSR count). The summed E-state index contributed by atoms with van der Waals surface area (Å²) in [5.74, 6) is -0.908. The molecule has 0 aromatic carbocycles. The highest BCUT2D eigenvalue weighted by Crippen LogP contribution is 2.17. The first-order chi connectivity index (χ1) is 35.0. The van der Waals surface area contributed by atoms with Crippen molar-refractivity contribution in [1.29, 1.82) is 0 Å². The normalized spacial score (nSPS) is 12.3. The summed E-state index contributed by atoms with van der Waals surface area (Å²) in [5, 5.41) is 0. The summed E-state index contributed by atoms with van der Waals surface area (Å²) in [6.45, 7) is 6.62. The predicted octanol–water partition coefficient (Wildman–Crippen LogP) is 21.0. The number of carbonyl (C=O) groups excluding carboxylic acids is 3. The molecule has 0 spiro atoms. The molecule has 6 nitrogen and oxygen atoms in total. The summed E-state index contributed by atoms with van der Waals surface area (Å²) in [6.07, 6.45) is 74.0. The molecule has 0 aromatic rings. The molecule has 0 heterocycles. The fraction of sp³-hybridized carbons (Fsp3) is 0.831. The molecule has 0 amide bonds. The number of carbonyl (C=O) groups is 3. The highest BCUT2D eigenvalue weighted by atomic mass is 16.6. The number of hydrogen-bond acceptors (Lipinski definition) is 6. The topological polar surface area (TPSA) is 78.9 Å². The van der Waals surface area contributed by atoms with Crippen LogP contribution in [0.3, 0.4) is 0 Å². The van der Waals surface area contributed by atoms with Crippen LogP contribution in [-0.4, -0.2) is 37.2 Å². The van der Waals surface area contributed by atoms with Crippen molar-refractivity contribution in [3.63, 3.8) is 0 Å². The van der Waals surface area contributed by atoms with Crippen LogP contribution in [0.25, 0.3) is 0 Å². The van der Waals surface area contributed by atoms with Crippen LogP contribution >= 0.6 is 0 Å². The zero-order valence-electron chi connectivity index (χ0n) is 47.5. The fourth-order valence-electron chi connectivity index (χ4n) is 9.09. The Hall–Kier alpha value is -2.63. The number of ether oxygens (including phenoxy) is 3. The molecule has 0 N–H and O–H groups in total. The first-order valence-electron chi connectivity index (χ1n) is 31.1. The van der Waals surface area contributed by atoms with Crippen molar-refractivity contribution < 1.29 is 28.6 Å². The van der Waals surface area contributed by atoms with Crippen LogP contribution < -0.4 is 0 Å². The number of unbranched alkanes of at least 4 members (excludes halogenated alkanes) is 38. The minimum absolute atomic E-state index is 0.0842. The van der Waals surface area contributed by atoms with Crippen molar-refractivity contribution >= 4 is 17.9 Å². The van der Waals surface area contributed by atoms with E-state index in [0.717, 1.165) is 70.6 Å². The van der Waals surface area contributed by atoms with Gasteiger partial charge in [0.1, 0.15) is 13.2 Å². The second kappa shape index (κ2) is 59.9. The van der Waals surface area contributed by atoms with Crippen molar-refractivity contribution in [3.05, 3.63) is 48.6 Å². The molecular weight excluding hydrogens is 877 g/mol. The van der Waals surface area contributed by atoms with E-state index in [4.69, 9.17) is 14.2 Å². The Morgan fingerprint density at radius 3 is 0.859 bits per heavy atom. The van der Waals surface area contributed by atoms with Gasteiger partial charge in [-0.15, -0.1) is 0 Å². The van der Waals surface area contributed by atoms with Crippen LogP contribution in [0.2, 0.25) is 0 Å². The molecule has 0 saturated carbocycles. The third-order valence-electron chi connectivity index (χ3n) is 13.8. The number of rotatable bonds is 57. The second-order valence-electron chi connectivity index (χ2n) is 21.0. The van der Waals surface area contributed by atoms with E-state index in [-0.39, 0.29) is 31.1 Å². The van der Waals surface area contributed by atoms with Crippen LogP contribution in [0.4, 0.5) is 0 Å². The van der Waals surface area contributed by atoms with Gasteiger partial charge in [0.25, 0.3) is 0 Å². The van der Waals surface area contributed by atoms with Crippen LogP contribution in [0.15, 0.2) is 48.6 Å². The number of allylic oxidation sites excluding steroid dienone is 8. The summed E-state index contributed by atoms with van der Waals surface area (Å²) < 4.78 is 16.9. The lowest BCUT2D eigenvalue weighted by Crippen LogP contribution is -2.30. The fourth-order valence-corrected chi connectivity index (χ4v) is 9.09. The average molecular weight is 996 g/mol. The largest absolute Gasteiger partial charge is 0.462 e. The average Bonchev–Trinajstić information content (AvgIpc) is 3.37. The molecule has 6 heteroatoms. The maximum Gasteiger partial charge on any atom is 0.306 e. The van der Waals surface area contributed by atoms with Crippen molar-refractivity contribution in [2.24, 2.45) is 0 Å². The van der Waals surface area contributed by atoms with Gasteiger partial charge < -0.3 is 14.2 Å². The van der Waals surface area contributed by atoms with Gasteiger partial charge in [-0.05, 0) is 83.5 Å². The molecule has 0 aliphatic heterocycles. The Morgan fingerprint density at radius 1 is 0.282 bits per heavy atom. The molecule has 71 heavy (non-hydrogen) atoms.